The van der Waals surface area contributed by atoms with Crippen molar-refractivity contribution in [3.05, 3.63) is 34.6 Å². The summed E-state index contributed by atoms with van der Waals surface area (Å²) < 4.78 is 18.1. The van der Waals surface area contributed by atoms with Crippen molar-refractivity contribution in [1.82, 2.24) is 4.90 Å². The van der Waals surface area contributed by atoms with E-state index in [1.54, 1.807) is 6.07 Å². The van der Waals surface area contributed by atoms with E-state index in [0.717, 1.165) is 31.5 Å². The molecule has 0 bridgehead atoms. The second-order valence-corrected chi connectivity index (χ2v) is 5.23. The molecule has 104 valence electrons. The van der Waals surface area contributed by atoms with Gasteiger partial charge in [0.25, 0.3) is 0 Å². The largest absolute Gasteiger partial charge is 0.469 e. The summed E-state index contributed by atoms with van der Waals surface area (Å²) in [6.07, 6.45) is 1.59. The second kappa shape index (κ2) is 6.35. The Morgan fingerprint density at radius 3 is 2.74 bits per heavy atom. The lowest BCUT2D eigenvalue weighted by atomic mass is 9.96. The van der Waals surface area contributed by atoms with Crippen molar-refractivity contribution in [2.75, 3.05) is 20.2 Å². The molecule has 3 nitrogen and oxygen atoms in total. The number of hydrogen-bond acceptors (Lipinski definition) is 3. The summed E-state index contributed by atoms with van der Waals surface area (Å²) in [6, 6.07) is 4.87. The van der Waals surface area contributed by atoms with Gasteiger partial charge in [-0.3, -0.25) is 9.69 Å². The molecule has 19 heavy (non-hydrogen) atoms. The van der Waals surface area contributed by atoms with Gasteiger partial charge in [0.2, 0.25) is 0 Å². The minimum Gasteiger partial charge on any atom is -0.469 e. The van der Waals surface area contributed by atoms with Crippen LogP contribution >= 0.6 is 11.6 Å². The van der Waals surface area contributed by atoms with Crippen molar-refractivity contribution in [2.24, 2.45) is 5.92 Å². The van der Waals surface area contributed by atoms with Crippen molar-refractivity contribution in [1.29, 1.82) is 0 Å². The molecule has 0 atom stereocenters. The van der Waals surface area contributed by atoms with Gasteiger partial charge >= 0.3 is 5.97 Å². The SMILES string of the molecule is COC(=O)C1CCN(Cc2ccc(Cl)c(F)c2)CC1. The van der Waals surface area contributed by atoms with E-state index >= 15 is 0 Å². The third-order valence-electron chi connectivity index (χ3n) is 3.51. The smallest absolute Gasteiger partial charge is 0.308 e. The molecule has 2 rings (SSSR count). The lowest BCUT2D eigenvalue weighted by Crippen LogP contribution is -2.36. The zero-order valence-electron chi connectivity index (χ0n) is 10.9. The van der Waals surface area contributed by atoms with Crippen molar-refractivity contribution in [2.45, 2.75) is 19.4 Å². The number of likely N-dealkylation sites (tertiary alicyclic amines) is 1. The molecule has 1 saturated heterocycles. The molecule has 1 heterocycles. The second-order valence-electron chi connectivity index (χ2n) is 4.82. The molecule has 0 aliphatic carbocycles. The molecule has 0 amide bonds. The Hall–Kier alpha value is -1.13. The van der Waals surface area contributed by atoms with Gasteiger partial charge in [-0.1, -0.05) is 17.7 Å². The summed E-state index contributed by atoms with van der Waals surface area (Å²) in [5.41, 5.74) is 0.901. The molecule has 0 radical (unpaired) electrons. The number of hydrogen-bond donors (Lipinski definition) is 0. The normalized spacial score (nSPS) is 17.4. The molecule has 1 aliphatic rings. The number of esters is 1. The predicted octanol–water partition coefficient (Wildman–Crippen LogP) is 2.86. The molecule has 1 fully saturated rings. The highest BCUT2D eigenvalue weighted by molar-refractivity contribution is 6.30. The summed E-state index contributed by atoms with van der Waals surface area (Å²) >= 11 is 5.65. The summed E-state index contributed by atoms with van der Waals surface area (Å²) in [6.45, 7) is 2.33. The Bertz CT molecular complexity index is 459. The van der Waals surface area contributed by atoms with Crippen LogP contribution in [0.4, 0.5) is 4.39 Å². The number of rotatable bonds is 3. The number of carbonyl (C=O) groups excluding carboxylic acids is 1. The van der Waals surface area contributed by atoms with Crippen LogP contribution in [0.3, 0.4) is 0 Å². The third-order valence-corrected chi connectivity index (χ3v) is 3.82. The van der Waals surface area contributed by atoms with Crippen molar-refractivity contribution < 1.29 is 13.9 Å². The van der Waals surface area contributed by atoms with Gasteiger partial charge < -0.3 is 4.74 Å². The number of nitrogens with zero attached hydrogens (tertiary/aromatic N) is 1. The van der Waals surface area contributed by atoms with Crippen LogP contribution in [0.2, 0.25) is 5.02 Å². The summed E-state index contributed by atoms with van der Waals surface area (Å²) in [7, 11) is 1.42. The van der Waals surface area contributed by atoms with Crippen LogP contribution in [0.25, 0.3) is 0 Å². The monoisotopic (exact) mass is 285 g/mol. The quantitative estimate of drug-likeness (QED) is 0.800. The highest BCUT2D eigenvalue weighted by atomic mass is 35.5. The highest BCUT2D eigenvalue weighted by Crippen LogP contribution is 2.21. The Kier molecular flexibility index (Phi) is 4.77. The van der Waals surface area contributed by atoms with Gasteiger partial charge in [-0.2, -0.15) is 0 Å². The molecule has 5 heteroatoms. The van der Waals surface area contributed by atoms with E-state index in [4.69, 9.17) is 16.3 Å². The fourth-order valence-electron chi connectivity index (χ4n) is 2.39. The summed E-state index contributed by atoms with van der Waals surface area (Å²) in [5, 5.41) is 0.146. The Balaban J connectivity index is 1.88. The summed E-state index contributed by atoms with van der Waals surface area (Å²) in [4.78, 5) is 13.6. The van der Waals surface area contributed by atoms with Crippen LogP contribution in [-0.2, 0) is 16.1 Å². The first-order valence-corrected chi connectivity index (χ1v) is 6.72. The molecule has 1 aromatic rings. The predicted molar refractivity (Wildman–Crippen MR) is 71.4 cm³/mol. The lowest BCUT2D eigenvalue weighted by Gasteiger charge is -2.30. The van der Waals surface area contributed by atoms with E-state index in [1.165, 1.54) is 13.2 Å². The first-order valence-electron chi connectivity index (χ1n) is 6.34. The fraction of sp³-hybridized carbons (Fsp3) is 0.500. The minimum atomic E-state index is -0.386. The molecule has 0 saturated carbocycles. The average Bonchev–Trinajstić information content (AvgIpc) is 2.43. The van der Waals surface area contributed by atoms with E-state index in [1.807, 2.05) is 6.07 Å². The lowest BCUT2D eigenvalue weighted by molar-refractivity contribution is -0.147. The number of carbonyl (C=O) groups is 1. The van der Waals surface area contributed by atoms with Gasteiger partial charge in [0.05, 0.1) is 18.1 Å². The van der Waals surface area contributed by atoms with E-state index in [-0.39, 0.29) is 22.7 Å². The van der Waals surface area contributed by atoms with Gasteiger partial charge in [0, 0.05) is 6.54 Å². The maximum atomic E-state index is 13.3. The van der Waals surface area contributed by atoms with Crippen LogP contribution in [0.1, 0.15) is 18.4 Å². The van der Waals surface area contributed by atoms with Crippen molar-refractivity contribution in [3.63, 3.8) is 0 Å². The maximum Gasteiger partial charge on any atom is 0.308 e. The van der Waals surface area contributed by atoms with Gasteiger partial charge in [0.1, 0.15) is 5.82 Å². The molecular formula is C14H17ClFNO2. The minimum absolute atomic E-state index is 0.00297. The van der Waals surface area contributed by atoms with Gasteiger partial charge in [-0.15, -0.1) is 0 Å². The van der Waals surface area contributed by atoms with Gasteiger partial charge in [0.15, 0.2) is 0 Å². The molecule has 0 spiro atoms. The van der Waals surface area contributed by atoms with Crippen LogP contribution < -0.4 is 0 Å². The average molecular weight is 286 g/mol. The molecule has 1 aromatic carbocycles. The first kappa shape index (κ1) is 14.3. The number of ether oxygens (including phenoxy) is 1. The number of methoxy groups -OCH3 is 1. The van der Waals surface area contributed by atoms with Crippen LogP contribution in [-0.4, -0.2) is 31.1 Å². The van der Waals surface area contributed by atoms with E-state index in [9.17, 15) is 9.18 Å². The molecule has 1 aliphatic heterocycles. The van der Waals surface area contributed by atoms with Crippen molar-refractivity contribution >= 4 is 17.6 Å². The van der Waals surface area contributed by atoms with Crippen molar-refractivity contribution in [3.8, 4) is 0 Å². The Labute approximate surface area is 117 Å². The van der Waals surface area contributed by atoms with Crippen LogP contribution in [0.5, 0.6) is 0 Å². The molecule has 0 unspecified atom stereocenters. The Morgan fingerprint density at radius 1 is 1.47 bits per heavy atom. The topological polar surface area (TPSA) is 29.5 Å². The molecule has 0 aromatic heterocycles. The van der Waals surface area contributed by atoms with Gasteiger partial charge in [-0.05, 0) is 43.6 Å². The van der Waals surface area contributed by atoms with Crippen LogP contribution in [0.15, 0.2) is 18.2 Å². The van der Waals surface area contributed by atoms with E-state index in [0.29, 0.717) is 6.54 Å². The Morgan fingerprint density at radius 2 is 2.16 bits per heavy atom. The zero-order chi connectivity index (χ0) is 13.8. The number of halogens is 2. The number of piperidine rings is 1. The maximum absolute atomic E-state index is 13.3. The number of benzene rings is 1. The highest BCUT2D eigenvalue weighted by Gasteiger charge is 2.25. The first-order chi connectivity index (χ1) is 9.10. The zero-order valence-corrected chi connectivity index (χ0v) is 11.6. The van der Waals surface area contributed by atoms with E-state index < -0.39 is 0 Å². The summed E-state index contributed by atoms with van der Waals surface area (Å²) in [5.74, 6) is -0.510. The fourth-order valence-corrected chi connectivity index (χ4v) is 2.51. The third kappa shape index (κ3) is 3.67. The van der Waals surface area contributed by atoms with Crippen LogP contribution in [0, 0.1) is 11.7 Å². The van der Waals surface area contributed by atoms with Gasteiger partial charge in [-0.25, -0.2) is 4.39 Å². The standard InChI is InChI=1S/C14H17ClFNO2/c1-19-14(18)11-4-6-17(7-5-11)9-10-2-3-12(15)13(16)8-10/h2-3,8,11H,4-7,9H2,1H3. The molecule has 0 N–H and O–H groups in total. The van der Waals surface area contributed by atoms with E-state index in [2.05, 4.69) is 4.90 Å². The molecular weight excluding hydrogens is 269 g/mol.